The molecule has 2 rings (SSSR count). The predicted molar refractivity (Wildman–Crippen MR) is 101 cm³/mol. The van der Waals surface area contributed by atoms with Crippen molar-refractivity contribution in [2.45, 2.75) is 11.5 Å². The first kappa shape index (κ1) is 18.4. The summed E-state index contributed by atoms with van der Waals surface area (Å²) in [4.78, 5) is 20.3. The second kappa shape index (κ2) is 8.76. The van der Waals surface area contributed by atoms with Gasteiger partial charge in [0.15, 0.2) is 0 Å². The minimum atomic E-state index is -0.429. The van der Waals surface area contributed by atoms with Gasteiger partial charge < -0.3 is 0 Å². The summed E-state index contributed by atoms with van der Waals surface area (Å²) >= 11 is 8.27. The first-order valence-corrected chi connectivity index (χ1v) is 9.10. The molecule has 0 atom stereocenters. The molecular weight excluding hydrogens is 368 g/mol. The molecule has 124 valence electrons. The molecule has 0 aliphatic carbocycles. The molecule has 0 fully saturated rings. The van der Waals surface area contributed by atoms with Crippen LogP contribution in [0.2, 0.25) is 0 Å². The lowest BCUT2D eigenvalue weighted by Gasteiger charge is -2.04. The van der Waals surface area contributed by atoms with Gasteiger partial charge in [-0.1, -0.05) is 36.5 Å². The van der Waals surface area contributed by atoms with Gasteiger partial charge in [0.05, 0.1) is 9.85 Å². The normalized spacial score (nSPS) is 10.3. The lowest BCUT2D eigenvalue weighted by Crippen LogP contribution is -1.91. The van der Waals surface area contributed by atoms with E-state index in [1.165, 1.54) is 47.8 Å². The Morgan fingerprint density at radius 3 is 1.42 bits per heavy atom. The number of non-ortho nitro benzene ring substituents is 2. The smallest absolute Gasteiger partial charge is 0.258 e. The van der Waals surface area contributed by atoms with Gasteiger partial charge in [0.25, 0.3) is 11.4 Å². The molecule has 2 aromatic rings. The number of nitrogens with zero attached hydrogens (tertiary/aromatic N) is 2. The van der Waals surface area contributed by atoms with Gasteiger partial charge in [-0.2, -0.15) is 0 Å². The average Bonchev–Trinajstić information content (AvgIpc) is 2.58. The highest BCUT2D eigenvalue weighted by Gasteiger charge is 2.07. The van der Waals surface area contributed by atoms with Crippen molar-refractivity contribution in [1.29, 1.82) is 0 Å². The van der Waals surface area contributed by atoms with Gasteiger partial charge in [0.2, 0.25) is 0 Å². The first-order valence-electron chi connectivity index (χ1n) is 6.72. The molecule has 24 heavy (non-hydrogen) atoms. The maximum absolute atomic E-state index is 10.6. The molecule has 0 aliphatic rings. The van der Waals surface area contributed by atoms with Crippen LogP contribution in [0, 0.1) is 20.2 Å². The molecule has 2 aromatic carbocycles. The highest BCUT2D eigenvalue weighted by molar-refractivity contribution is 8.46. The number of nitro benzene ring substituents is 2. The fraction of sp³-hybridized carbons (Fsp3) is 0.133. The van der Waals surface area contributed by atoms with Gasteiger partial charge in [-0.3, -0.25) is 20.2 Å². The van der Waals surface area contributed by atoms with E-state index in [1.54, 1.807) is 24.3 Å². The quantitative estimate of drug-likeness (QED) is 0.398. The SMILES string of the molecule is O=[N+]([O-])c1ccc(CSC(=S)SCc2ccc([N+](=O)[O-])cc2)cc1. The average molecular weight is 380 g/mol. The van der Waals surface area contributed by atoms with E-state index in [2.05, 4.69) is 0 Å². The van der Waals surface area contributed by atoms with Crippen molar-refractivity contribution in [2.75, 3.05) is 0 Å². The molecule has 0 saturated carbocycles. The number of hydrogen-bond donors (Lipinski definition) is 0. The maximum atomic E-state index is 10.6. The van der Waals surface area contributed by atoms with E-state index < -0.39 is 9.85 Å². The highest BCUT2D eigenvalue weighted by atomic mass is 32.2. The summed E-state index contributed by atoms with van der Waals surface area (Å²) in [6, 6.07) is 12.8. The summed E-state index contributed by atoms with van der Waals surface area (Å²) < 4.78 is 0.756. The molecule has 0 aliphatic heterocycles. The number of hydrogen-bond acceptors (Lipinski definition) is 7. The monoisotopic (exact) mass is 380 g/mol. The van der Waals surface area contributed by atoms with Gasteiger partial charge in [0, 0.05) is 35.8 Å². The van der Waals surface area contributed by atoms with Crippen molar-refractivity contribution in [3.8, 4) is 0 Å². The molecule has 9 heteroatoms. The summed E-state index contributed by atoms with van der Waals surface area (Å²) in [6.07, 6.45) is 0. The summed E-state index contributed by atoms with van der Waals surface area (Å²) in [5.74, 6) is 1.29. The van der Waals surface area contributed by atoms with Gasteiger partial charge in [0.1, 0.15) is 3.53 Å². The van der Waals surface area contributed by atoms with Crippen LogP contribution >= 0.6 is 35.7 Å². The molecule has 0 amide bonds. The number of rotatable bonds is 6. The zero-order valence-electron chi connectivity index (χ0n) is 12.3. The summed E-state index contributed by atoms with van der Waals surface area (Å²) in [5.41, 5.74) is 2.06. The van der Waals surface area contributed by atoms with Crippen molar-refractivity contribution in [3.63, 3.8) is 0 Å². The zero-order valence-corrected chi connectivity index (χ0v) is 14.7. The lowest BCUT2D eigenvalue weighted by atomic mass is 10.2. The molecule has 0 heterocycles. The molecule has 0 radical (unpaired) electrons. The van der Waals surface area contributed by atoms with E-state index in [4.69, 9.17) is 12.2 Å². The number of nitro groups is 2. The largest absolute Gasteiger partial charge is 0.269 e. The van der Waals surface area contributed by atoms with Crippen LogP contribution in [0.5, 0.6) is 0 Å². The number of benzene rings is 2. The topological polar surface area (TPSA) is 86.3 Å². The lowest BCUT2D eigenvalue weighted by molar-refractivity contribution is -0.385. The van der Waals surface area contributed by atoms with Gasteiger partial charge in [-0.15, -0.1) is 23.5 Å². The van der Waals surface area contributed by atoms with Crippen LogP contribution in [-0.2, 0) is 11.5 Å². The second-order valence-electron chi connectivity index (χ2n) is 4.67. The fourth-order valence-corrected chi connectivity index (χ4v) is 3.75. The third-order valence-electron chi connectivity index (χ3n) is 3.01. The van der Waals surface area contributed by atoms with Gasteiger partial charge >= 0.3 is 0 Å². The third kappa shape index (κ3) is 5.59. The van der Waals surface area contributed by atoms with Crippen LogP contribution in [0.1, 0.15) is 11.1 Å². The molecule has 0 N–H and O–H groups in total. The van der Waals surface area contributed by atoms with Crippen LogP contribution in [0.3, 0.4) is 0 Å². The molecule has 6 nitrogen and oxygen atoms in total. The van der Waals surface area contributed by atoms with Crippen molar-refractivity contribution < 1.29 is 9.85 Å². The standard InChI is InChI=1S/C15H12N2O4S3/c18-16(19)13-5-1-11(2-6-13)9-23-15(22)24-10-12-3-7-14(8-4-12)17(20)21/h1-8H,9-10H2. The van der Waals surface area contributed by atoms with E-state index in [9.17, 15) is 20.2 Å². The van der Waals surface area contributed by atoms with E-state index in [1.807, 2.05) is 0 Å². The van der Waals surface area contributed by atoms with E-state index in [0.29, 0.717) is 11.5 Å². The van der Waals surface area contributed by atoms with E-state index in [-0.39, 0.29) is 11.4 Å². The zero-order chi connectivity index (χ0) is 17.5. The Hall–Kier alpha value is -1.97. The summed E-state index contributed by atoms with van der Waals surface area (Å²) in [6.45, 7) is 0. The fourth-order valence-electron chi connectivity index (χ4n) is 1.75. The van der Waals surface area contributed by atoms with Crippen molar-refractivity contribution >= 4 is 50.6 Å². The molecule has 0 unspecified atom stereocenters. The molecule has 0 spiro atoms. The molecule has 0 aromatic heterocycles. The third-order valence-corrected chi connectivity index (χ3v) is 5.85. The Morgan fingerprint density at radius 1 is 0.792 bits per heavy atom. The predicted octanol–water partition coefficient (Wildman–Crippen LogP) is 4.95. The van der Waals surface area contributed by atoms with Gasteiger partial charge in [-0.25, -0.2) is 0 Å². The minimum Gasteiger partial charge on any atom is -0.258 e. The highest BCUT2D eigenvalue weighted by Crippen LogP contribution is 2.26. The van der Waals surface area contributed by atoms with Crippen LogP contribution in [0.25, 0.3) is 0 Å². The van der Waals surface area contributed by atoms with Crippen molar-refractivity contribution in [3.05, 3.63) is 79.9 Å². The van der Waals surface area contributed by atoms with Crippen molar-refractivity contribution in [1.82, 2.24) is 0 Å². The Labute approximate surface area is 151 Å². The van der Waals surface area contributed by atoms with Crippen LogP contribution in [0.15, 0.2) is 48.5 Å². The Morgan fingerprint density at radius 2 is 1.12 bits per heavy atom. The first-order chi connectivity index (χ1) is 11.5. The molecule has 0 saturated heterocycles. The summed E-state index contributed by atoms with van der Waals surface area (Å²) in [5, 5.41) is 21.2. The van der Waals surface area contributed by atoms with Crippen LogP contribution in [0.4, 0.5) is 11.4 Å². The molecular formula is C15H12N2O4S3. The molecule has 0 bridgehead atoms. The Kier molecular flexibility index (Phi) is 6.71. The number of thioether (sulfide) groups is 2. The Balaban J connectivity index is 1.78. The van der Waals surface area contributed by atoms with Crippen LogP contribution < -0.4 is 0 Å². The second-order valence-corrected chi connectivity index (χ2v) is 7.83. The van der Waals surface area contributed by atoms with E-state index in [0.717, 1.165) is 14.7 Å². The minimum absolute atomic E-state index is 0.0684. The van der Waals surface area contributed by atoms with Gasteiger partial charge in [-0.05, 0) is 11.1 Å². The maximum Gasteiger partial charge on any atom is 0.269 e. The summed E-state index contributed by atoms with van der Waals surface area (Å²) in [7, 11) is 0. The Bertz CT molecular complexity index is 685. The number of thiocarbonyl (C=S) groups is 1. The van der Waals surface area contributed by atoms with E-state index >= 15 is 0 Å². The van der Waals surface area contributed by atoms with Crippen LogP contribution in [-0.4, -0.2) is 13.4 Å². The van der Waals surface area contributed by atoms with Crippen molar-refractivity contribution in [2.24, 2.45) is 0 Å².